The van der Waals surface area contributed by atoms with Gasteiger partial charge in [0.2, 0.25) is 0 Å². The van der Waals surface area contributed by atoms with Gasteiger partial charge in [0.25, 0.3) is 0 Å². The van der Waals surface area contributed by atoms with Crippen molar-refractivity contribution in [2.24, 2.45) is 0 Å². The number of hydrogen-bond acceptors (Lipinski definition) is 3. The summed E-state index contributed by atoms with van der Waals surface area (Å²) in [5.41, 5.74) is 1.56. The highest BCUT2D eigenvalue weighted by molar-refractivity contribution is 5.90. The lowest BCUT2D eigenvalue weighted by Crippen LogP contribution is -2.41. The van der Waals surface area contributed by atoms with Crippen LogP contribution in [0.3, 0.4) is 0 Å². The highest BCUT2D eigenvalue weighted by atomic mass is 16.5. The van der Waals surface area contributed by atoms with E-state index in [1.165, 1.54) is 4.90 Å². The quantitative estimate of drug-likeness (QED) is 0.845. The standard InChI is InChI=1S/C15H22N2O4/c1-10(2)17(8-7-14(18)19)15(20)16-13-6-5-12(21-4)9-11(13)3/h5-6,9-10H,7-8H2,1-4H3,(H,16,20)(H,18,19). The van der Waals surface area contributed by atoms with Gasteiger partial charge in [-0.05, 0) is 44.5 Å². The number of carbonyl (C=O) groups is 2. The number of carboxylic acid groups (broad SMARTS) is 1. The van der Waals surface area contributed by atoms with Crippen LogP contribution in [0.15, 0.2) is 18.2 Å². The molecule has 0 heterocycles. The average Bonchev–Trinajstić information content (AvgIpc) is 2.40. The summed E-state index contributed by atoms with van der Waals surface area (Å²) in [6.45, 7) is 5.74. The number of hydrogen-bond donors (Lipinski definition) is 2. The van der Waals surface area contributed by atoms with E-state index in [-0.39, 0.29) is 25.0 Å². The van der Waals surface area contributed by atoms with E-state index in [0.717, 1.165) is 11.3 Å². The number of aryl methyl sites for hydroxylation is 1. The van der Waals surface area contributed by atoms with Crippen molar-refractivity contribution in [3.05, 3.63) is 23.8 Å². The fraction of sp³-hybridized carbons (Fsp3) is 0.467. The van der Waals surface area contributed by atoms with Crippen LogP contribution < -0.4 is 10.1 Å². The molecule has 2 amide bonds. The first-order valence-electron chi connectivity index (χ1n) is 6.79. The smallest absolute Gasteiger partial charge is 0.322 e. The minimum Gasteiger partial charge on any atom is -0.497 e. The summed E-state index contributed by atoms with van der Waals surface area (Å²) in [5.74, 6) is -0.203. The van der Waals surface area contributed by atoms with Crippen molar-refractivity contribution in [2.45, 2.75) is 33.2 Å². The predicted molar refractivity (Wildman–Crippen MR) is 80.8 cm³/mol. The molecule has 116 valence electrons. The Labute approximate surface area is 124 Å². The van der Waals surface area contributed by atoms with Crippen LogP contribution in [0.5, 0.6) is 5.75 Å². The molecule has 0 unspecified atom stereocenters. The van der Waals surface area contributed by atoms with Crippen molar-refractivity contribution in [3.8, 4) is 5.75 Å². The fourth-order valence-electron chi connectivity index (χ4n) is 1.90. The molecular weight excluding hydrogens is 272 g/mol. The van der Waals surface area contributed by atoms with Crippen LogP contribution in [0, 0.1) is 6.92 Å². The van der Waals surface area contributed by atoms with Gasteiger partial charge in [0.15, 0.2) is 0 Å². The molecule has 0 fully saturated rings. The Balaban J connectivity index is 2.79. The molecular formula is C15H22N2O4. The van der Waals surface area contributed by atoms with E-state index < -0.39 is 5.97 Å². The zero-order chi connectivity index (χ0) is 16.0. The number of anilines is 1. The number of benzene rings is 1. The van der Waals surface area contributed by atoms with Gasteiger partial charge in [-0.3, -0.25) is 4.79 Å². The van der Waals surface area contributed by atoms with Crippen molar-refractivity contribution in [1.29, 1.82) is 0 Å². The number of urea groups is 1. The highest BCUT2D eigenvalue weighted by Gasteiger charge is 2.18. The minimum absolute atomic E-state index is 0.0762. The largest absolute Gasteiger partial charge is 0.497 e. The Kier molecular flexibility index (Phi) is 6.02. The lowest BCUT2D eigenvalue weighted by Gasteiger charge is -2.26. The Morgan fingerprint density at radius 1 is 1.38 bits per heavy atom. The first kappa shape index (κ1) is 16.8. The number of amides is 2. The first-order chi connectivity index (χ1) is 9.85. The van der Waals surface area contributed by atoms with E-state index in [1.807, 2.05) is 26.8 Å². The molecule has 0 aliphatic carbocycles. The molecule has 1 aromatic rings. The highest BCUT2D eigenvalue weighted by Crippen LogP contribution is 2.21. The van der Waals surface area contributed by atoms with Crippen LogP contribution in [-0.4, -0.2) is 41.7 Å². The van der Waals surface area contributed by atoms with Crippen molar-refractivity contribution < 1.29 is 19.4 Å². The van der Waals surface area contributed by atoms with E-state index in [4.69, 9.17) is 9.84 Å². The Morgan fingerprint density at radius 2 is 2.05 bits per heavy atom. The van der Waals surface area contributed by atoms with Gasteiger partial charge in [0, 0.05) is 18.3 Å². The molecule has 0 saturated heterocycles. The maximum atomic E-state index is 12.3. The second-order valence-electron chi connectivity index (χ2n) is 5.04. The van der Waals surface area contributed by atoms with Gasteiger partial charge in [-0.25, -0.2) is 4.79 Å². The maximum absolute atomic E-state index is 12.3. The first-order valence-corrected chi connectivity index (χ1v) is 6.79. The van der Waals surface area contributed by atoms with Crippen LogP contribution in [0.25, 0.3) is 0 Å². The number of nitrogens with one attached hydrogen (secondary N) is 1. The summed E-state index contributed by atoms with van der Waals surface area (Å²) in [4.78, 5) is 24.4. The van der Waals surface area contributed by atoms with Crippen LogP contribution >= 0.6 is 0 Å². The van der Waals surface area contributed by atoms with Gasteiger partial charge >= 0.3 is 12.0 Å². The molecule has 0 aliphatic heterocycles. The number of carboxylic acids is 1. The topological polar surface area (TPSA) is 78.9 Å². The van der Waals surface area contributed by atoms with Gasteiger partial charge in [-0.1, -0.05) is 0 Å². The molecule has 1 rings (SSSR count). The molecule has 6 nitrogen and oxygen atoms in total. The number of aliphatic carboxylic acids is 1. The van der Waals surface area contributed by atoms with Crippen LogP contribution in [0.2, 0.25) is 0 Å². The number of ether oxygens (including phenoxy) is 1. The van der Waals surface area contributed by atoms with E-state index in [2.05, 4.69) is 5.32 Å². The molecule has 0 bridgehead atoms. The number of rotatable bonds is 6. The van der Waals surface area contributed by atoms with Gasteiger partial charge in [-0.2, -0.15) is 0 Å². The van der Waals surface area contributed by atoms with Gasteiger partial charge < -0.3 is 20.1 Å². The molecule has 0 radical (unpaired) electrons. The van der Waals surface area contributed by atoms with E-state index in [0.29, 0.717) is 5.69 Å². The molecule has 2 N–H and O–H groups in total. The van der Waals surface area contributed by atoms with E-state index in [9.17, 15) is 9.59 Å². The molecule has 0 aromatic heterocycles. The summed E-state index contributed by atoms with van der Waals surface area (Å²) in [7, 11) is 1.58. The van der Waals surface area contributed by atoms with Crippen LogP contribution in [0.4, 0.5) is 10.5 Å². The molecule has 0 atom stereocenters. The third-order valence-corrected chi connectivity index (χ3v) is 3.13. The lowest BCUT2D eigenvalue weighted by molar-refractivity contribution is -0.137. The van der Waals surface area contributed by atoms with Gasteiger partial charge in [0.1, 0.15) is 5.75 Å². The van der Waals surface area contributed by atoms with Gasteiger partial charge in [0.05, 0.1) is 13.5 Å². The molecule has 0 saturated carbocycles. The van der Waals surface area contributed by atoms with E-state index >= 15 is 0 Å². The molecule has 0 aliphatic rings. The average molecular weight is 294 g/mol. The predicted octanol–water partition coefficient (Wildman–Crippen LogP) is 2.72. The summed E-state index contributed by atoms with van der Waals surface area (Å²) in [6, 6.07) is 4.97. The summed E-state index contributed by atoms with van der Waals surface area (Å²) >= 11 is 0. The number of carbonyl (C=O) groups excluding carboxylic acids is 1. The van der Waals surface area contributed by atoms with Crippen molar-refractivity contribution in [1.82, 2.24) is 4.90 Å². The molecule has 6 heteroatoms. The molecule has 1 aromatic carbocycles. The third kappa shape index (κ3) is 4.98. The number of methoxy groups -OCH3 is 1. The normalized spacial score (nSPS) is 10.3. The van der Waals surface area contributed by atoms with Crippen molar-refractivity contribution >= 4 is 17.7 Å². The van der Waals surface area contributed by atoms with Gasteiger partial charge in [-0.15, -0.1) is 0 Å². The van der Waals surface area contributed by atoms with Crippen molar-refractivity contribution in [2.75, 3.05) is 19.0 Å². The molecule has 21 heavy (non-hydrogen) atoms. The van der Waals surface area contributed by atoms with Crippen LogP contribution in [0.1, 0.15) is 25.8 Å². The fourth-order valence-corrected chi connectivity index (χ4v) is 1.90. The SMILES string of the molecule is COc1ccc(NC(=O)N(CCC(=O)O)C(C)C)c(C)c1. The second-order valence-corrected chi connectivity index (χ2v) is 5.04. The lowest BCUT2D eigenvalue weighted by atomic mass is 10.2. The minimum atomic E-state index is -0.922. The monoisotopic (exact) mass is 294 g/mol. The summed E-state index contributed by atoms with van der Waals surface area (Å²) < 4.78 is 5.12. The Hall–Kier alpha value is -2.24. The zero-order valence-corrected chi connectivity index (χ0v) is 12.8. The number of nitrogens with zero attached hydrogens (tertiary/aromatic N) is 1. The summed E-state index contributed by atoms with van der Waals surface area (Å²) in [6.07, 6.45) is -0.0762. The Bertz CT molecular complexity index is 514. The Morgan fingerprint density at radius 3 is 2.52 bits per heavy atom. The van der Waals surface area contributed by atoms with E-state index in [1.54, 1.807) is 19.2 Å². The maximum Gasteiger partial charge on any atom is 0.322 e. The third-order valence-electron chi connectivity index (χ3n) is 3.13. The van der Waals surface area contributed by atoms with Crippen LogP contribution in [-0.2, 0) is 4.79 Å². The molecule has 0 spiro atoms. The van der Waals surface area contributed by atoms with Crippen molar-refractivity contribution in [3.63, 3.8) is 0 Å². The second kappa shape index (κ2) is 7.52. The summed E-state index contributed by atoms with van der Waals surface area (Å²) in [5, 5.41) is 11.6. The zero-order valence-electron chi connectivity index (χ0n) is 12.8.